The van der Waals surface area contributed by atoms with E-state index >= 15 is 0 Å². The van der Waals surface area contributed by atoms with Gasteiger partial charge in [0.1, 0.15) is 11.4 Å². The molecule has 0 aliphatic carbocycles. The molecule has 2 saturated heterocycles. The van der Waals surface area contributed by atoms with Crippen LogP contribution in [-0.2, 0) is 9.53 Å². The van der Waals surface area contributed by atoms with Crippen molar-refractivity contribution in [3.05, 3.63) is 39.6 Å². The number of imide groups is 1. The van der Waals surface area contributed by atoms with E-state index in [1.165, 1.54) is 12.1 Å². The van der Waals surface area contributed by atoms with Crippen LogP contribution in [-0.4, -0.2) is 54.6 Å². The molecule has 2 aliphatic rings. The van der Waals surface area contributed by atoms with Crippen LogP contribution in [0.25, 0.3) is 6.08 Å². The van der Waals surface area contributed by atoms with Gasteiger partial charge in [-0.25, -0.2) is 4.79 Å². The first-order chi connectivity index (χ1) is 12.0. The fourth-order valence-corrected chi connectivity index (χ4v) is 2.87. The van der Waals surface area contributed by atoms with E-state index in [0.717, 1.165) is 4.90 Å². The summed E-state index contributed by atoms with van der Waals surface area (Å²) in [6.07, 6.45) is 1.45. The van der Waals surface area contributed by atoms with E-state index < -0.39 is 16.9 Å². The van der Waals surface area contributed by atoms with Crippen molar-refractivity contribution in [2.24, 2.45) is 0 Å². The van der Waals surface area contributed by atoms with Crippen LogP contribution < -0.4 is 10.2 Å². The van der Waals surface area contributed by atoms with Gasteiger partial charge in [0.2, 0.25) is 0 Å². The summed E-state index contributed by atoms with van der Waals surface area (Å²) >= 11 is 0. The summed E-state index contributed by atoms with van der Waals surface area (Å²) in [6, 6.07) is 4.28. The van der Waals surface area contributed by atoms with Gasteiger partial charge in [0.25, 0.3) is 11.6 Å². The summed E-state index contributed by atoms with van der Waals surface area (Å²) < 4.78 is 5.27. The lowest BCUT2D eigenvalue weighted by Crippen LogP contribution is -2.36. The van der Waals surface area contributed by atoms with Gasteiger partial charge in [-0.1, -0.05) is 6.07 Å². The van der Waals surface area contributed by atoms with Crippen molar-refractivity contribution in [3.8, 4) is 0 Å². The molecule has 25 heavy (non-hydrogen) atoms. The van der Waals surface area contributed by atoms with Gasteiger partial charge in [0, 0.05) is 25.7 Å². The maximum Gasteiger partial charge on any atom is 0.328 e. The standard InChI is InChI=1S/C16H18N4O5/c1-2-19-15(21)12(17-16(19)22)9-11-3-4-13(14(10-11)20(23)24)18-5-7-25-8-6-18/h3-4,9-10H,2,5-8H2,1H3,(H,17,22)/b12-9+. The number of hydrogen-bond acceptors (Lipinski definition) is 6. The van der Waals surface area contributed by atoms with Crippen molar-refractivity contribution in [2.45, 2.75) is 6.92 Å². The largest absolute Gasteiger partial charge is 0.378 e. The normalized spacial score (nSPS) is 19.5. The second kappa shape index (κ2) is 6.89. The van der Waals surface area contributed by atoms with Crippen molar-refractivity contribution < 1.29 is 19.2 Å². The highest BCUT2D eigenvalue weighted by Gasteiger charge is 2.32. The number of hydrogen-bond donors (Lipinski definition) is 1. The predicted molar refractivity (Wildman–Crippen MR) is 90.0 cm³/mol. The first-order valence-corrected chi connectivity index (χ1v) is 7.97. The summed E-state index contributed by atoms with van der Waals surface area (Å²) in [4.78, 5) is 37.8. The molecule has 2 aliphatic heterocycles. The maximum absolute atomic E-state index is 12.1. The SMILES string of the molecule is CCN1C(=O)N/C(=C/c2ccc(N3CCOCC3)c([N+](=O)[O-])c2)C1=O. The number of nitrogens with zero attached hydrogens (tertiary/aromatic N) is 3. The van der Waals surface area contributed by atoms with Gasteiger partial charge in [-0.05, 0) is 24.6 Å². The second-order valence-corrected chi connectivity index (χ2v) is 5.64. The van der Waals surface area contributed by atoms with E-state index in [1.807, 2.05) is 4.90 Å². The minimum absolute atomic E-state index is 0.0413. The number of carbonyl (C=O) groups is 2. The van der Waals surface area contributed by atoms with E-state index in [1.54, 1.807) is 19.1 Å². The molecule has 1 N–H and O–H groups in total. The molecule has 0 radical (unpaired) electrons. The van der Waals surface area contributed by atoms with E-state index in [4.69, 9.17) is 4.74 Å². The molecule has 0 bridgehead atoms. The summed E-state index contributed by atoms with van der Waals surface area (Å²) in [5.74, 6) is -0.438. The van der Waals surface area contributed by atoms with Gasteiger partial charge >= 0.3 is 6.03 Å². The Labute approximate surface area is 144 Å². The average Bonchev–Trinajstić information content (AvgIpc) is 2.88. The van der Waals surface area contributed by atoms with Crippen molar-refractivity contribution in [2.75, 3.05) is 37.7 Å². The summed E-state index contributed by atoms with van der Waals surface area (Å²) in [5, 5.41) is 13.9. The average molecular weight is 346 g/mol. The quantitative estimate of drug-likeness (QED) is 0.382. The van der Waals surface area contributed by atoms with E-state index in [0.29, 0.717) is 37.6 Å². The van der Waals surface area contributed by atoms with Gasteiger partial charge in [-0.15, -0.1) is 0 Å². The third-order valence-electron chi connectivity index (χ3n) is 4.14. The van der Waals surface area contributed by atoms with Crippen LogP contribution in [0.15, 0.2) is 23.9 Å². The highest BCUT2D eigenvalue weighted by atomic mass is 16.6. The Morgan fingerprint density at radius 2 is 2.04 bits per heavy atom. The smallest absolute Gasteiger partial charge is 0.328 e. The summed E-state index contributed by atoms with van der Waals surface area (Å²) in [7, 11) is 0. The zero-order chi connectivity index (χ0) is 18.0. The minimum atomic E-state index is -0.488. The molecule has 2 fully saturated rings. The summed E-state index contributed by atoms with van der Waals surface area (Å²) in [6.45, 7) is 4.18. The van der Waals surface area contributed by atoms with Gasteiger partial charge in [-0.3, -0.25) is 19.8 Å². The number of morpholine rings is 1. The number of nitro groups is 1. The lowest BCUT2D eigenvalue weighted by atomic mass is 10.1. The zero-order valence-electron chi connectivity index (χ0n) is 13.7. The van der Waals surface area contributed by atoms with Crippen molar-refractivity contribution >= 4 is 29.4 Å². The maximum atomic E-state index is 12.1. The minimum Gasteiger partial charge on any atom is -0.378 e. The Hall–Kier alpha value is -2.94. The van der Waals surface area contributed by atoms with Crippen molar-refractivity contribution in [1.82, 2.24) is 10.2 Å². The lowest BCUT2D eigenvalue weighted by Gasteiger charge is -2.28. The molecule has 3 rings (SSSR count). The van der Waals surface area contributed by atoms with Crippen LogP contribution in [0.1, 0.15) is 12.5 Å². The van der Waals surface area contributed by atoms with Gasteiger partial charge < -0.3 is 15.0 Å². The molecule has 9 heteroatoms. The fraction of sp³-hybridized carbons (Fsp3) is 0.375. The Morgan fingerprint density at radius 1 is 1.32 bits per heavy atom. The number of carbonyl (C=O) groups excluding carboxylic acids is 2. The number of anilines is 1. The molecular weight excluding hydrogens is 328 g/mol. The number of amides is 3. The molecule has 0 aromatic heterocycles. The molecule has 1 aromatic carbocycles. The number of ether oxygens (including phenoxy) is 1. The zero-order valence-corrected chi connectivity index (χ0v) is 13.7. The number of rotatable bonds is 4. The third-order valence-corrected chi connectivity index (χ3v) is 4.14. The van der Waals surface area contributed by atoms with E-state index in [-0.39, 0.29) is 17.9 Å². The molecule has 1 aromatic rings. The molecule has 3 amide bonds. The van der Waals surface area contributed by atoms with E-state index in [9.17, 15) is 19.7 Å². The van der Waals surface area contributed by atoms with Gasteiger partial charge in [-0.2, -0.15) is 0 Å². The molecule has 0 spiro atoms. The number of benzene rings is 1. The molecule has 9 nitrogen and oxygen atoms in total. The number of likely N-dealkylation sites (N-methyl/N-ethyl adjacent to an activating group) is 1. The highest BCUT2D eigenvalue weighted by Crippen LogP contribution is 2.30. The van der Waals surface area contributed by atoms with E-state index in [2.05, 4.69) is 5.32 Å². The van der Waals surface area contributed by atoms with Crippen LogP contribution in [0.2, 0.25) is 0 Å². The Bertz CT molecular complexity index is 755. The molecule has 132 valence electrons. The number of nitro benzene ring substituents is 1. The summed E-state index contributed by atoms with van der Waals surface area (Å²) in [5.41, 5.74) is 1.07. The predicted octanol–water partition coefficient (Wildman–Crippen LogP) is 1.34. The Balaban J connectivity index is 1.92. The van der Waals surface area contributed by atoms with Crippen molar-refractivity contribution in [1.29, 1.82) is 0 Å². The lowest BCUT2D eigenvalue weighted by molar-refractivity contribution is -0.384. The first kappa shape index (κ1) is 16.9. The Kier molecular flexibility index (Phi) is 4.66. The second-order valence-electron chi connectivity index (χ2n) is 5.64. The van der Waals surface area contributed by atoms with Crippen LogP contribution >= 0.6 is 0 Å². The number of nitrogens with one attached hydrogen (secondary N) is 1. The van der Waals surface area contributed by atoms with Gasteiger partial charge in [0.05, 0.1) is 18.1 Å². The van der Waals surface area contributed by atoms with Crippen LogP contribution in [0.5, 0.6) is 0 Å². The molecule has 0 saturated carbocycles. The molecular formula is C16H18N4O5. The Morgan fingerprint density at radius 3 is 2.64 bits per heavy atom. The monoisotopic (exact) mass is 346 g/mol. The van der Waals surface area contributed by atoms with Gasteiger partial charge in [0.15, 0.2) is 0 Å². The van der Waals surface area contributed by atoms with Crippen LogP contribution in [0.3, 0.4) is 0 Å². The first-order valence-electron chi connectivity index (χ1n) is 7.97. The molecule has 0 atom stereocenters. The fourth-order valence-electron chi connectivity index (χ4n) is 2.87. The molecule has 2 heterocycles. The number of urea groups is 1. The van der Waals surface area contributed by atoms with Crippen molar-refractivity contribution in [3.63, 3.8) is 0 Å². The topological polar surface area (TPSA) is 105 Å². The van der Waals surface area contributed by atoms with Crippen LogP contribution in [0.4, 0.5) is 16.2 Å². The van der Waals surface area contributed by atoms with Crippen LogP contribution in [0, 0.1) is 10.1 Å². The third kappa shape index (κ3) is 3.31. The highest BCUT2D eigenvalue weighted by molar-refractivity contribution is 6.13. The molecule has 0 unspecified atom stereocenters.